The van der Waals surface area contributed by atoms with E-state index in [4.69, 9.17) is 4.74 Å². The van der Waals surface area contributed by atoms with Crippen LogP contribution in [0.1, 0.15) is 75.5 Å². The first-order valence-electron chi connectivity index (χ1n) is 6.86. The molecule has 0 heterocycles. The van der Waals surface area contributed by atoms with Crippen LogP contribution in [-0.2, 0) is 4.74 Å². The molecular weight excluding hydrogens is 208 g/mol. The van der Waals surface area contributed by atoms with Crippen molar-refractivity contribution in [2.45, 2.75) is 78.7 Å². The van der Waals surface area contributed by atoms with E-state index in [0.717, 1.165) is 12.5 Å². The number of ether oxygens (including phenoxy) is 1. The van der Waals surface area contributed by atoms with Crippen LogP contribution < -0.4 is 0 Å². The zero-order chi connectivity index (χ0) is 11.5. The van der Waals surface area contributed by atoms with Crippen LogP contribution in [0.15, 0.2) is 0 Å². The Kier molecular flexibility index (Phi) is 16.4. The van der Waals surface area contributed by atoms with E-state index in [9.17, 15) is 0 Å². The maximum absolute atomic E-state index is 5.89. The average Bonchev–Trinajstić information content (AvgIpc) is 2.26. The van der Waals surface area contributed by atoms with E-state index in [1.54, 1.807) is 0 Å². The van der Waals surface area contributed by atoms with E-state index < -0.39 is 0 Å². The molecule has 96 valence electrons. The Balaban J connectivity index is -0.000000327. The molecule has 0 aromatic heterocycles. The topological polar surface area (TPSA) is 9.23 Å². The second-order valence-electron chi connectivity index (χ2n) is 4.70. The first kappa shape index (κ1) is 19.1. The van der Waals surface area contributed by atoms with Gasteiger partial charge in [-0.2, -0.15) is 0 Å². The van der Waals surface area contributed by atoms with Gasteiger partial charge >= 0.3 is 23.1 Å². The maximum atomic E-state index is 5.89. The Morgan fingerprint density at radius 2 is 1.56 bits per heavy atom. The third-order valence-electron chi connectivity index (χ3n) is 3.12. The molecule has 1 nitrogen and oxygen atoms in total. The third kappa shape index (κ3) is 11.2. The van der Waals surface area contributed by atoms with Gasteiger partial charge in [-0.3, -0.25) is 0 Å². The smallest absolute Gasteiger partial charge is 1.00 e. The third-order valence-corrected chi connectivity index (χ3v) is 3.12. The minimum absolute atomic E-state index is 0. The van der Waals surface area contributed by atoms with Crippen molar-refractivity contribution >= 4 is 23.1 Å². The van der Waals surface area contributed by atoms with E-state index in [0.29, 0.717) is 6.10 Å². The zero-order valence-corrected chi connectivity index (χ0v) is 13.3. The maximum Gasteiger partial charge on any atom is 2.00 e. The van der Waals surface area contributed by atoms with Crippen molar-refractivity contribution < 1.29 is 7.59 Å². The molecule has 2 heteroatoms. The molecule has 2 unspecified atom stereocenters. The minimum atomic E-state index is 0. The van der Waals surface area contributed by atoms with Crippen molar-refractivity contribution in [2.75, 3.05) is 6.61 Å². The predicted molar refractivity (Wildman–Crippen MR) is 76.2 cm³/mol. The standard InChI is InChI=1S/C14H30O.Mg.2H/c1-5-8-10-13(4)15-12-14(7-3)11-9-6-2;;;/h13-14H,5-12H2,1-4H3;;;/q;+2;2*-1. The van der Waals surface area contributed by atoms with Gasteiger partial charge in [-0.05, 0) is 25.7 Å². The molecule has 0 aliphatic rings. The number of unbranched alkanes of at least 4 members (excludes halogenated alkanes) is 2. The number of hydrogen-bond donors (Lipinski definition) is 0. The molecule has 0 aliphatic heterocycles. The Morgan fingerprint density at radius 1 is 1.00 bits per heavy atom. The number of hydrogen-bond acceptors (Lipinski definition) is 1. The first-order valence-corrected chi connectivity index (χ1v) is 6.86. The van der Waals surface area contributed by atoms with Crippen molar-refractivity contribution in [1.82, 2.24) is 0 Å². The second-order valence-corrected chi connectivity index (χ2v) is 4.70. The fourth-order valence-corrected chi connectivity index (χ4v) is 1.77. The summed E-state index contributed by atoms with van der Waals surface area (Å²) < 4.78 is 5.89. The molecule has 0 aliphatic carbocycles. The molecule has 2 atom stereocenters. The summed E-state index contributed by atoms with van der Waals surface area (Å²) in [6.45, 7) is 9.96. The second kappa shape index (κ2) is 13.8. The van der Waals surface area contributed by atoms with Gasteiger partial charge in [-0.15, -0.1) is 0 Å². The SMILES string of the molecule is CCCCC(CC)COC(C)CCCC.[H-].[H-].[Mg+2]. The minimum Gasteiger partial charge on any atom is -1.00 e. The summed E-state index contributed by atoms with van der Waals surface area (Å²) in [6, 6.07) is 0. The van der Waals surface area contributed by atoms with Crippen LogP contribution in [0, 0.1) is 5.92 Å². The van der Waals surface area contributed by atoms with E-state index in [1.807, 2.05) is 0 Å². The molecular formula is C14H32MgO. The number of rotatable bonds is 10. The van der Waals surface area contributed by atoms with Crippen LogP contribution >= 0.6 is 0 Å². The molecule has 0 rings (SSSR count). The van der Waals surface area contributed by atoms with Crippen molar-refractivity contribution in [2.24, 2.45) is 5.92 Å². The summed E-state index contributed by atoms with van der Waals surface area (Å²) in [5.74, 6) is 0.786. The Hall–Kier alpha value is 0.726. The van der Waals surface area contributed by atoms with Crippen LogP contribution in [0.2, 0.25) is 0 Å². The van der Waals surface area contributed by atoms with E-state index >= 15 is 0 Å². The molecule has 0 radical (unpaired) electrons. The van der Waals surface area contributed by atoms with Crippen LogP contribution in [0.4, 0.5) is 0 Å². The quantitative estimate of drug-likeness (QED) is 0.506. The van der Waals surface area contributed by atoms with E-state index in [2.05, 4.69) is 27.7 Å². The first-order chi connectivity index (χ1) is 7.24. The Bertz CT molecular complexity index is 137. The molecule has 0 saturated heterocycles. The van der Waals surface area contributed by atoms with Gasteiger partial charge < -0.3 is 7.59 Å². The molecule has 0 N–H and O–H groups in total. The molecule has 0 fully saturated rings. The van der Waals surface area contributed by atoms with Crippen LogP contribution in [0.5, 0.6) is 0 Å². The van der Waals surface area contributed by atoms with E-state index in [1.165, 1.54) is 44.9 Å². The normalized spacial score (nSPS) is 14.2. The van der Waals surface area contributed by atoms with Gasteiger partial charge in [0, 0.05) is 6.61 Å². The van der Waals surface area contributed by atoms with Gasteiger partial charge in [-0.25, -0.2) is 0 Å². The van der Waals surface area contributed by atoms with Crippen LogP contribution in [0.3, 0.4) is 0 Å². The molecule has 0 amide bonds. The van der Waals surface area contributed by atoms with Crippen LogP contribution in [0.25, 0.3) is 0 Å². The van der Waals surface area contributed by atoms with Gasteiger partial charge in [-0.1, -0.05) is 52.9 Å². The summed E-state index contributed by atoms with van der Waals surface area (Å²) in [5, 5.41) is 0. The fraction of sp³-hybridized carbons (Fsp3) is 1.00. The zero-order valence-electron chi connectivity index (χ0n) is 13.9. The molecule has 0 aromatic carbocycles. The Morgan fingerprint density at radius 3 is 2.06 bits per heavy atom. The average molecular weight is 241 g/mol. The summed E-state index contributed by atoms with van der Waals surface area (Å²) in [5.41, 5.74) is 0. The Labute approximate surface area is 122 Å². The van der Waals surface area contributed by atoms with Crippen molar-refractivity contribution in [3.05, 3.63) is 0 Å². The molecule has 0 bridgehead atoms. The molecule has 0 saturated carbocycles. The van der Waals surface area contributed by atoms with Crippen molar-refractivity contribution in [3.63, 3.8) is 0 Å². The predicted octanol–water partition coefficient (Wildman–Crippen LogP) is 4.64. The van der Waals surface area contributed by atoms with Gasteiger partial charge in [0.05, 0.1) is 6.10 Å². The van der Waals surface area contributed by atoms with Gasteiger partial charge in [0.15, 0.2) is 0 Å². The summed E-state index contributed by atoms with van der Waals surface area (Å²) in [7, 11) is 0. The van der Waals surface area contributed by atoms with Crippen molar-refractivity contribution in [1.29, 1.82) is 0 Å². The van der Waals surface area contributed by atoms with Gasteiger partial charge in [0.2, 0.25) is 0 Å². The molecule has 0 aromatic rings. The van der Waals surface area contributed by atoms with E-state index in [-0.39, 0.29) is 25.9 Å². The fourth-order valence-electron chi connectivity index (χ4n) is 1.77. The largest absolute Gasteiger partial charge is 2.00 e. The molecule has 16 heavy (non-hydrogen) atoms. The van der Waals surface area contributed by atoms with Crippen molar-refractivity contribution in [3.8, 4) is 0 Å². The summed E-state index contributed by atoms with van der Waals surface area (Å²) >= 11 is 0. The summed E-state index contributed by atoms with van der Waals surface area (Å²) in [4.78, 5) is 0. The monoisotopic (exact) mass is 240 g/mol. The van der Waals surface area contributed by atoms with Gasteiger partial charge in [0.25, 0.3) is 0 Å². The van der Waals surface area contributed by atoms with Crippen LogP contribution in [-0.4, -0.2) is 35.8 Å². The summed E-state index contributed by atoms with van der Waals surface area (Å²) in [6.07, 6.45) is 9.52. The van der Waals surface area contributed by atoms with Gasteiger partial charge in [0.1, 0.15) is 0 Å². The molecule has 0 spiro atoms.